The number of aliphatic hydroxyl groups is 1. The molecule has 7 heteroatoms. The lowest BCUT2D eigenvalue weighted by atomic mass is 10.1. The average Bonchev–Trinajstić information content (AvgIpc) is 2.80. The molecule has 1 amide bonds. The molecule has 0 aliphatic heterocycles. The zero-order chi connectivity index (χ0) is 25.1. The van der Waals surface area contributed by atoms with E-state index < -0.39 is 17.5 Å². The SMILES string of the molecule is CCO/C(O)=C(/Cc1ccccc1)N(Cc1ccc(OC)cc1)C(=O)/C=C/C(=O)OC(C)(C)C. The Kier molecular flexibility index (Phi) is 9.74. The highest BCUT2D eigenvalue weighted by Gasteiger charge is 2.23. The smallest absolute Gasteiger partial charge is 0.331 e. The first-order valence-corrected chi connectivity index (χ1v) is 11.1. The Morgan fingerprint density at radius 2 is 1.62 bits per heavy atom. The Bertz CT molecular complexity index is 1000. The molecule has 0 heterocycles. The van der Waals surface area contributed by atoms with Crippen molar-refractivity contribution in [1.29, 1.82) is 0 Å². The number of carbonyl (C=O) groups excluding carboxylic acids is 2. The Hall–Kier alpha value is -3.74. The van der Waals surface area contributed by atoms with E-state index in [2.05, 4.69) is 0 Å². The molecule has 0 unspecified atom stereocenters. The number of methoxy groups -OCH3 is 1. The number of hydrogen-bond donors (Lipinski definition) is 1. The van der Waals surface area contributed by atoms with Crippen molar-refractivity contribution in [1.82, 2.24) is 4.90 Å². The van der Waals surface area contributed by atoms with Crippen LogP contribution in [0.25, 0.3) is 0 Å². The summed E-state index contributed by atoms with van der Waals surface area (Å²) in [5.41, 5.74) is 1.28. The van der Waals surface area contributed by atoms with Gasteiger partial charge in [0.15, 0.2) is 0 Å². The van der Waals surface area contributed by atoms with Crippen LogP contribution in [0.3, 0.4) is 0 Å². The second-order valence-electron chi connectivity index (χ2n) is 8.49. The summed E-state index contributed by atoms with van der Waals surface area (Å²) in [4.78, 5) is 26.8. The molecule has 0 aliphatic carbocycles. The number of ether oxygens (including phenoxy) is 3. The first-order valence-electron chi connectivity index (χ1n) is 11.1. The van der Waals surface area contributed by atoms with Gasteiger partial charge in [-0.2, -0.15) is 0 Å². The Morgan fingerprint density at radius 1 is 0.971 bits per heavy atom. The van der Waals surface area contributed by atoms with Gasteiger partial charge >= 0.3 is 5.97 Å². The minimum absolute atomic E-state index is 0.140. The minimum Gasteiger partial charge on any atom is -0.497 e. The van der Waals surface area contributed by atoms with Crippen LogP contribution in [0.4, 0.5) is 0 Å². The standard InChI is InChI=1S/C27H33NO6/c1-6-33-26(31)23(18-20-10-8-7-9-11-20)28(19-21-12-14-22(32-5)15-13-21)24(29)16-17-25(30)34-27(2,3)4/h7-17,31H,6,18-19H2,1-5H3/b17-16+,26-23-. The van der Waals surface area contributed by atoms with Crippen molar-refractivity contribution in [3.05, 3.63) is 89.5 Å². The van der Waals surface area contributed by atoms with Crippen molar-refractivity contribution in [2.45, 2.75) is 46.3 Å². The highest BCUT2D eigenvalue weighted by Crippen LogP contribution is 2.22. The summed E-state index contributed by atoms with van der Waals surface area (Å²) in [5, 5.41) is 10.7. The second kappa shape index (κ2) is 12.5. The Balaban J connectivity index is 2.43. The molecule has 0 bridgehead atoms. The zero-order valence-corrected chi connectivity index (χ0v) is 20.4. The quantitative estimate of drug-likeness (QED) is 0.303. The summed E-state index contributed by atoms with van der Waals surface area (Å²) < 4.78 is 15.8. The Morgan fingerprint density at radius 3 is 2.18 bits per heavy atom. The summed E-state index contributed by atoms with van der Waals surface area (Å²) in [6, 6.07) is 16.7. The molecule has 0 aliphatic rings. The van der Waals surface area contributed by atoms with Crippen LogP contribution >= 0.6 is 0 Å². The van der Waals surface area contributed by atoms with Crippen LogP contribution in [0.15, 0.2) is 78.4 Å². The summed E-state index contributed by atoms with van der Waals surface area (Å²) in [7, 11) is 1.58. The number of aliphatic hydroxyl groups excluding tert-OH is 1. The van der Waals surface area contributed by atoms with Crippen LogP contribution in [0.5, 0.6) is 5.75 Å². The van der Waals surface area contributed by atoms with E-state index >= 15 is 0 Å². The molecule has 0 saturated heterocycles. The van der Waals surface area contributed by atoms with Crippen LogP contribution in [0, 0.1) is 0 Å². The molecule has 182 valence electrons. The summed E-state index contributed by atoms with van der Waals surface area (Å²) in [6.45, 7) is 7.35. The molecule has 1 N–H and O–H groups in total. The number of rotatable bonds is 10. The zero-order valence-electron chi connectivity index (χ0n) is 20.4. The lowest BCUT2D eigenvalue weighted by Gasteiger charge is -2.25. The van der Waals surface area contributed by atoms with Gasteiger partial charge < -0.3 is 24.2 Å². The molecule has 2 rings (SSSR count). The molecule has 2 aromatic carbocycles. The topological polar surface area (TPSA) is 85.3 Å². The van der Waals surface area contributed by atoms with Gasteiger partial charge in [0.05, 0.1) is 20.3 Å². The number of esters is 1. The molecule has 0 fully saturated rings. The molecule has 0 atom stereocenters. The third kappa shape index (κ3) is 8.65. The number of nitrogens with zero attached hydrogens (tertiary/aromatic N) is 1. The highest BCUT2D eigenvalue weighted by molar-refractivity contribution is 5.95. The van der Waals surface area contributed by atoms with Gasteiger partial charge in [0.2, 0.25) is 0 Å². The van der Waals surface area contributed by atoms with Crippen molar-refractivity contribution in [2.75, 3.05) is 13.7 Å². The average molecular weight is 468 g/mol. The minimum atomic E-state index is -0.682. The van der Waals surface area contributed by atoms with Gasteiger partial charge in [0.1, 0.15) is 17.0 Å². The molecule has 0 saturated carbocycles. The monoisotopic (exact) mass is 467 g/mol. The van der Waals surface area contributed by atoms with Crippen LogP contribution in [0.2, 0.25) is 0 Å². The number of carbonyl (C=O) groups is 2. The fourth-order valence-electron chi connectivity index (χ4n) is 3.08. The largest absolute Gasteiger partial charge is 0.497 e. The van der Waals surface area contributed by atoms with E-state index in [1.165, 1.54) is 4.90 Å². The van der Waals surface area contributed by atoms with Gasteiger partial charge in [-0.3, -0.25) is 4.79 Å². The number of benzene rings is 2. The van der Waals surface area contributed by atoms with Gasteiger partial charge in [0.25, 0.3) is 11.9 Å². The molecule has 2 aromatic rings. The summed E-state index contributed by atoms with van der Waals surface area (Å²) >= 11 is 0. The van der Waals surface area contributed by atoms with Crippen LogP contribution < -0.4 is 4.74 Å². The van der Waals surface area contributed by atoms with Crippen molar-refractivity contribution in [3.8, 4) is 5.75 Å². The van der Waals surface area contributed by atoms with Crippen molar-refractivity contribution in [2.24, 2.45) is 0 Å². The summed E-state index contributed by atoms with van der Waals surface area (Å²) in [6.07, 6.45) is 2.48. The van der Waals surface area contributed by atoms with E-state index in [4.69, 9.17) is 14.2 Å². The molecular weight excluding hydrogens is 434 g/mol. The fraction of sp³-hybridized carbons (Fsp3) is 0.333. The van der Waals surface area contributed by atoms with Crippen LogP contribution in [0.1, 0.15) is 38.8 Å². The number of allylic oxidation sites excluding steroid dienone is 1. The first-order chi connectivity index (χ1) is 16.1. The third-order valence-corrected chi connectivity index (χ3v) is 4.60. The van der Waals surface area contributed by atoms with E-state index in [0.717, 1.165) is 23.3 Å². The molecule has 0 aromatic heterocycles. The molecule has 0 spiro atoms. The fourth-order valence-corrected chi connectivity index (χ4v) is 3.08. The lowest BCUT2D eigenvalue weighted by molar-refractivity contribution is -0.148. The van der Waals surface area contributed by atoms with Gasteiger partial charge in [-0.05, 0) is 51.0 Å². The van der Waals surface area contributed by atoms with Gasteiger partial charge in [-0.15, -0.1) is 0 Å². The molecule has 34 heavy (non-hydrogen) atoms. The van der Waals surface area contributed by atoms with E-state index in [9.17, 15) is 14.7 Å². The van der Waals surface area contributed by atoms with E-state index in [-0.39, 0.29) is 31.2 Å². The van der Waals surface area contributed by atoms with E-state index in [0.29, 0.717) is 5.75 Å². The lowest BCUT2D eigenvalue weighted by Crippen LogP contribution is -2.31. The number of hydrogen-bond acceptors (Lipinski definition) is 6. The van der Waals surface area contributed by atoms with Crippen LogP contribution in [-0.4, -0.2) is 41.2 Å². The van der Waals surface area contributed by atoms with E-state index in [1.54, 1.807) is 46.9 Å². The van der Waals surface area contributed by atoms with E-state index in [1.807, 2.05) is 42.5 Å². The van der Waals surface area contributed by atoms with Crippen molar-refractivity contribution in [3.63, 3.8) is 0 Å². The molecule has 7 nitrogen and oxygen atoms in total. The van der Waals surface area contributed by atoms with Gasteiger partial charge in [0, 0.05) is 18.6 Å². The van der Waals surface area contributed by atoms with Gasteiger partial charge in [-0.1, -0.05) is 42.5 Å². The predicted octanol–water partition coefficient (Wildman–Crippen LogP) is 4.93. The normalized spacial score (nSPS) is 12.1. The highest BCUT2D eigenvalue weighted by atomic mass is 16.6. The maximum absolute atomic E-state index is 13.3. The summed E-state index contributed by atoms with van der Waals surface area (Å²) in [5.74, 6) is -0.797. The molecule has 0 radical (unpaired) electrons. The third-order valence-electron chi connectivity index (χ3n) is 4.60. The van der Waals surface area contributed by atoms with Crippen molar-refractivity contribution >= 4 is 11.9 Å². The maximum atomic E-state index is 13.3. The first kappa shape index (κ1) is 26.5. The van der Waals surface area contributed by atoms with Crippen molar-refractivity contribution < 1.29 is 28.9 Å². The number of amides is 1. The maximum Gasteiger partial charge on any atom is 0.331 e. The van der Waals surface area contributed by atoms with Gasteiger partial charge in [-0.25, -0.2) is 4.79 Å². The second-order valence-corrected chi connectivity index (χ2v) is 8.49. The predicted molar refractivity (Wildman–Crippen MR) is 130 cm³/mol. The molecular formula is C27H33NO6. The Labute approximate surface area is 201 Å². The van der Waals surface area contributed by atoms with Crippen LogP contribution in [-0.2, 0) is 32.0 Å².